The second kappa shape index (κ2) is 6.87. The van der Waals surface area contributed by atoms with Crippen LogP contribution in [0.2, 0.25) is 5.02 Å². The van der Waals surface area contributed by atoms with Gasteiger partial charge in [0.1, 0.15) is 6.61 Å². The molecule has 0 fully saturated rings. The van der Waals surface area contributed by atoms with Gasteiger partial charge in [0.2, 0.25) is 0 Å². The predicted molar refractivity (Wildman–Crippen MR) is 86.5 cm³/mol. The summed E-state index contributed by atoms with van der Waals surface area (Å²) in [5, 5.41) is 1.59. The number of carbonyl (C=O) groups is 1. The molecular weight excluding hydrogens is 306 g/mol. The van der Waals surface area contributed by atoms with Gasteiger partial charge in [-0.2, -0.15) is 0 Å². The third kappa shape index (κ3) is 4.16. The molecule has 110 valence electrons. The maximum Gasteiger partial charge on any atom is 0.331 e. The van der Waals surface area contributed by atoms with Crippen LogP contribution in [0.25, 0.3) is 5.57 Å². The first kappa shape index (κ1) is 15.7. The highest BCUT2D eigenvalue weighted by atomic mass is 35.5. The lowest BCUT2D eigenvalue weighted by molar-refractivity contribution is -0.138. The van der Waals surface area contributed by atoms with Crippen LogP contribution in [0.15, 0.2) is 30.3 Å². The lowest BCUT2D eigenvalue weighted by Gasteiger charge is -2.05. The molecule has 21 heavy (non-hydrogen) atoms. The van der Waals surface area contributed by atoms with E-state index in [0.717, 1.165) is 26.7 Å². The van der Waals surface area contributed by atoms with Gasteiger partial charge < -0.3 is 4.74 Å². The number of hydrogen-bond acceptors (Lipinski definition) is 4. The van der Waals surface area contributed by atoms with Gasteiger partial charge in [0.15, 0.2) is 0 Å². The summed E-state index contributed by atoms with van der Waals surface area (Å²) in [6.45, 7) is 5.94. The number of halogens is 1. The van der Waals surface area contributed by atoms with E-state index >= 15 is 0 Å². The van der Waals surface area contributed by atoms with E-state index in [0.29, 0.717) is 5.02 Å². The molecule has 2 rings (SSSR count). The molecule has 0 aliphatic rings. The molecule has 0 amide bonds. The summed E-state index contributed by atoms with van der Waals surface area (Å²) in [5.41, 5.74) is 2.53. The fourth-order valence-corrected chi connectivity index (χ4v) is 3.06. The third-order valence-electron chi connectivity index (χ3n) is 2.98. The molecule has 0 bridgehead atoms. The molecule has 0 saturated carbocycles. The van der Waals surface area contributed by atoms with E-state index in [4.69, 9.17) is 16.3 Å². The van der Waals surface area contributed by atoms with Crippen LogP contribution in [-0.2, 0) is 16.1 Å². The Kier molecular flexibility index (Phi) is 5.15. The molecule has 0 aliphatic carbocycles. The van der Waals surface area contributed by atoms with Crippen molar-refractivity contribution in [3.8, 4) is 0 Å². The first-order valence-corrected chi connectivity index (χ1v) is 7.69. The van der Waals surface area contributed by atoms with Crippen LogP contribution in [0.5, 0.6) is 0 Å². The van der Waals surface area contributed by atoms with Crippen molar-refractivity contribution in [3.05, 3.63) is 56.5 Å². The maximum atomic E-state index is 11.9. The highest BCUT2D eigenvalue weighted by Crippen LogP contribution is 2.23. The zero-order valence-corrected chi connectivity index (χ0v) is 13.7. The van der Waals surface area contributed by atoms with Crippen LogP contribution in [0.3, 0.4) is 0 Å². The number of ether oxygens (including phenoxy) is 1. The Morgan fingerprint density at radius 2 is 2.10 bits per heavy atom. The van der Waals surface area contributed by atoms with Crippen molar-refractivity contribution < 1.29 is 9.53 Å². The minimum Gasteiger partial charge on any atom is -0.457 e. The fourth-order valence-electron chi connectivity index (χ4n) is 1.92. The zero-order chi connectivity index (χ0) is 15.4. The van der Waals surface area contributed by atoms with Gasteiger partial charge in [0.05, 0.1) is 15.6 Å². The summed E-state index contributed by atoms with van der Waals surface area (Å²) in [4.78, 5) is 17.2. The van der Waals surface area contributed by atoms with Crippen LogP contribution in [0, 0.1) is 13.8 Å². The van der Waals surface area contributed by atoms with Crippen LogP contribution in [0.4, 0.5) is 0 Å². The monoisotopic (exact) mass is 321 g/mol. The molecule has 0 radical (unpaired) electrons. The van der Waals surface area contributed by atoms with Gasteiger partial charge in [-0.1, -0.05) is 29.8 Å². The number of nitrogens with zero attached hydrogens (tertiary/aromatic N) is 1. The first-order valence-electron chi connectivity index (χ1n) is 6.50. The highest BCUT2D eigenvalue weighted by molar-refractivity contribution is 7.11. The van der Waals surface area contributed by atoms with E-state index in [2.05, 4.69) is 4.98 Å². The molecule has 0 atom stereocenters. The van der Waals surface area contributed by atoms with Crippen molar-refractivity contribution in [3.63, 3.8) is 0 Å². The number of esters is 1. The standard InChI is InChI=1S/C16H16ClNO2S/c1-10(13-6-4-5-7-14(13)17)8-16(19)20-9-15-11(2)18-12(3)21-15/h4-8H,9H2,1-3H3. The number of aromatic nitrogens is 1. The number of thiazole rings is 1. The number of aryl methyl sites for hydroxylation is 2. The summed E-state index contributed by atoms with van der Waals surface area (Å²) >= 11 is 7.64. The Labute approximate surface area is 133 Å². The third-order valence-corrected chi connectivity index (χ3v) is 4.35. The molecule has 3 nitrogen and oxygen atoms in total. The van der Waals surface area contributed by atoms with Crippen LogP contribution < -0.4 is 0 Å². The Morgan fingerprint density at radius 3 is 2.71 bits per heavy atom. The van der Waals surface area contributed by atoms with Gasteiger partial charge in [-0.15, -0.1) is 11.3 Å². The van der Waals surface area contributed by atoms with Crippen LogP contribution >= 0.6 is 22.9 Å². The molecule has 1 heterocycles. The predicted octanol–water partition coefficient (Wildman–Crippen LogP) is 4.56. The quantitative estimate of drug-likeness (QED) is 0.612. The molecule has 0 spiro atoms. The van der Waals surface area contributed by atoms with Gasteiger partial charge in [-0.25, -0.2) is 9.78 Å². The molecule has 1 aromatic carbocycles. The number of rotatable bonds is 4. The number of allylic oxidation sites excluding steroid dienone is 1. The Bertz CT molecular complexity index is 691. The lowest BCUT2D eigenvalue weighted by atomic mass is 10.1. The highest BCUT2D eigenvalue weighted by Gasteiger charge is 2.08. The second-order valence-electron chi connectivity index (χ2n) is 4.66. The van der Waals surface area contributed by atoms with E-state index in [-0.39, 0.29) is 12.6 Å². The average Bonchev–Trinajstić information content (AvgIpc) is 2.75. The van der Waals surface area contributed by atoms with Gasteiger partial charge in [0, 0.05) is 11.1 Å². The number of carbonyl (C=O) groups excluding carboxylic acids is 1. The van der Waals surface area contributed by atoms with E-state index in [1.54, 1.807) is 17.4 Å². The van der Waals surface area contributed by atoms with E-state index in [1.807, 2.05) is 39.0 Å². The smallest absolute Gasteiger partial charge is 0.331 e. The number of hydrogen-bond donors (Lipinski definition) is 0. The summed E-state index contributed by atoms with van der Waals surface area (Å²) < 4.78 is 5.27. The van der Waals surface area contributed by atoms with Crippen molar-refractivity contribution in [2.45, 2.75) is 27.4 Å². The molecule has 1 aromatic heterocycles. The maximum absolute atomic E-state index is 11.9. The fraction of sp³-hybridized carbons (Fsp3) is 0.250. The molecule has 0 saturated heterocycles. The van der Waals surface area contributed by atoms with E-state index in [9.17, 15) is 4.79 Å². The van der Waals surface area contributed by atoms with Gasteiger partial charge >= 0.3 is 5.97 Å². The van der Waals surface area contributed by atoms with Crippen molar-refractivity contribution in [2.24, 2.45) is 0 Å². The topological polar surface area (TPSA) is 39.2 Å². The van der Waals surface area contributed by atoms with Crippen molar-refractivity contribution >= 4 is 34.5 Å². The molecule has 5 heteroatoms. The summed E-state index contributed by atoms with van der Waals surface area (Å²) in [5.74, 6) is -0.377. The van der Waals surface area contributed by atoms with Crippen molar-refractivity contribution in [1.29, 1.82) is 0 Å². The average molecular weight is 322 g/mol. The molecular formula is C16H16ClNO2S. The molecule has 0 aliphatic heterocycles. The summed E-state index contributed by atoms with van der Waals surface area (Å²) in [6.07, 6.45) is 1.46. The van der Waals surface area contributed by atoms with E-state index in [1.165, 1.54) is 6.08 Å². The lowest BCUT2D eigenvalue weighted by Crippen LogP contribution is -2.01. The minimum absolute atomic E-state index is 0.252. The van der Waals surface area contributed by atoms with Crippen LogP contribution in [-0.4, -0.2) is 11.0 Å². The minimum atomic E-state index is -0.377. The van der Waals surface area contributed by atoms with Gasteiger partial charge in [-0.3, -0.25) is 0 Å². The Balaban J connectivity index is 2.02. The molecule has 2 aromatic rings. The second-order valence-corrected chi connectivity index (χ2v) is 6.35. The van der Waals surface area contributed by atoms with Crippen molar-refractivity contribution in [1.82, 2.24) is 4.98 Å². The van der Waals surface area contributed by atoms with Crippen molar-refractivity contribution in [2.75, 3.05) is 0 Å². The first-order chi connectivity index (χ1) is 9.97. The Hall–Kier alpha value is -1.65. The molecule has 0 N–H and O–H groups in total. The van der Waals surface area contributed by atoms with Gasteiger partial charge in [-0.05, 0) is 38.0 Å². The zero-order valence-electron chi connectivity index (χ0n) is 12.1. The summed E-state index contributed by atoms with van der Waals surface area (Å²) in [7, 11) is 0. The number of benzene rings is 1. The Morgan fingerprint density at radius 1 is 1.38 bits per heavy atom. The largest absolute Gasteiger partial charge is 0.457 e. The van der Waals surface area contributed by atoms with E-state index < -0.39 is 0 Å². The van der Waals surface area contributed by atoms with Crippen LogP contribution in [0.1, 0.15) is 28.1 Å². The normalized spacial score (nSPS) is 11.5. The SMILES string of the molecule is CC(=CC(=O)OCc1sc(C)nc1C)c1ccccc1Cl. The van der Waals surface area contributed by atoms with Gasteiger partial charge in [0.25, 0.3) is 0 Å². The molecule has 0 unspecified atom stereocenters. The summed E-state index contributed by atoms with van der Waals surface area (Å²) in [6, 6.07) is 7.40.